The molecule has 9 heteroatoms. The molecule has 0 spiro atoms. The van der Waals surface area contributed by atoms with E-state index >= 15 is 0 Å². The molecule has 180 valence electrons. The predicted octanol–water partition coefficient (Wildman–Crippen LogP) is 4.19. The van der Waals surface area contributed by atoms with Crippen LogP contribution in [0.4, 0.5) is 0 Å². The number of ether oxygens (including phenoxy) is 1. The maximum Gasteiger partial charge on any atom is 0.342 e. The number of carboxylic acid groups (broad SMARTS) is 1. The van der Waals surface area contributed by atoms with Gasteiger partial charge in [-0.05, 0) is 57.2 Å². The zero-order chi connectivity index (χ0) is 24.8. The van der Waals surface area contributed by atoms with E-state index in [0.717, 1.165) is 16.7 Å². The van der Waals surface area contributed by atoms with E-state index in [0.29, 0.717) is 24.0 Å². The number of carbonyl (C=O) groups is 2. The zero-order valence-corrected chi connectivity index (χ0v) is 20.0. The van der Waals surface area contributed by atoms with E-state index in [1.54, 1.807) is 19.1 Å². The van der Waals surface area contributed by atoms with Gasteiger partial charge in [0.25, 0.3) is 0 Å². The molecule has 2 aromatic rings. The van der Waals surface area contributed by atoms with Gasteiger partial charge in [-0.1, -0.05) is 28.8 Å². The molecule has 2 N–H and O–H groups in total. The summed E-state index contributed by atoms with van der Waals surface area (Å²) in [6.45, 7) is 5.23. The summed E-state index contributed by atoms with van der Waals surface area (Å²) in [6, 6.07) is 6.10. The summed E-state index contributed by atoms with van der Waals surface area (Å²) in [5.74, 6) is -2.13. The van der Waals surface area contributed by atoms with Gasteiger partial charge >= 0.3 is 22.1 Å². The topological polar surface area (TPSA) is 127 Å². The molecule has 1 heterocycles. The molecule has 34 heavy (non-hydrogen) atoms. The van der Waals surface area contributed by atoms with Crippen molar-refractivity contribution in [3.8, 4) is 11.5 Å². The molecule has 0 aromatic heterocycles. The molecule has 8 nitrogen and oxygen atoms in total. The van der Waals surface area contributed by atoms with Gasteiger partial charge < -0.3 is 19.1 Å². The lowest BCUT2D eigenvalue weighted by Gasteiger charge is -2.18. The van der Waals surface area contributed by atoms with Crippen LogP contribution >= 0.6 is 0 Å². The Kier molecular flexibility index (Phi) is 6.16. The standard InChI is InChI=1S/C25H26O8S/c1-13-4-8-18(9-5-13)34(30,31)33-24-19(10-16-6-7-17(14(16)2)11-21(26)27)23(28)15(3)20-12-32-25(29)22(20)24/h4-5,8-9,17,28H,6-7,10-12H2,1-3H3,(H,26,27). The van der Waals surface area contributed by atoms with Crippen LogP contribution in [-0.2, 0) is 32.7 Å². The molecule has 0 radical (unpaired) electrons. The van der Waals surface area contributed by atoms with Crippen molar-refractivity contribution in [3.63, 3.8) is 0 Å². The van der Waals surface area contributed by atoms with Crippen LogP contribution in [0.1, 0.15) is 58.8 Å². The van der Waals surface area contributed by atoms with Crippen LogP contribution in [-0.4, -0.2) is 30.6 Å². The molecule has 1 aliphatic heterocycles. The Balaban J connectivity index is 1.83. The summed E-state index contributed by atoms with van der Waals surface area (Å²) in [4.78, 5) is 23.7. The van der Waals surface area contributed by atoms with E-state index in [1.165, 1.54) is 12.1 Å². The molecule has 4 rings (SSSR count). The number of hydrogen-bond donors (Lipinski definition) is 2. The second-order valence-corrected chi connectivity index (χ2v) is 10.4. The van der Waals surface area contributed by atoms with Crippen LogP contribution in [0.3, 0.4) is 0 Å². The highest BCUT2D eigenvalue weighted by Crippen LogP contribution is 2.46. The first-order chi connectivity index (χ1) is 16.0. The van der Waals surface area contributed by atoms with Gasteiger partial charge in [-0.15, -0.1) is 0 Å². The fraction of sp³-hybridized carbons (Fsp3) is 0.360. The molecular weight excluding hydrogens is 460 g/mol. The quantitative estimate of drug-likeness (QED) is 0.339. The van der Waals surface area contributed by atoms with Gasteiger partial charge in [-0.3, -0.25) is 4.79 Å². The van der Waals surface area contributed by atoms with Gasteiger partial charge in [0.2, 0.25) is 0 Å². The van der Waals surface area contributed by atoms with Gasteiger partial charge in [0.15, 0.2) is 5.75 Å². The highest BCUT2D eigenvalue weighted by atomic mass is 32.2. The smallest absolute Gasteiger partial charge is 0.342 e. The molecule has 0 amide bonds. The van der Waals surface area contributed by atoms with E-state index in [4.69, 9.17) is 8.92 Å². The van der Waals surface area contributed by atoms with Crippen molar-refractivity contribution in [1.82, 2.24) is 0 Å². The number of aliphatic carboxylic acids is 1. The number of allylic oxidation sites excluding steroid dienone is 2. The number of aryl methyl sites for hydroxylation is 1. The molecule has 1 unspecified atom stereocenters. The summed E-state index contributed by atoms with van der Waals surface area (Å²) in [7, 11) is -4.31. The molecule has 0 bridgehead atoms. The minimum atomic E-state index is -4.31. The van der Waals surface area contributed by atoms with Crippen LogP contribution in [0.15, 0.2) is 40.3 Å². The number of cyclic esters (lactones) is 1. The van der Waals surface area contributed by atoms with Gasteiger partial charge in [0.05, 0.1) is 6.42 Å². The van der Waals surface area contributed by atoms with Crippen LogP contribution in [0.2, 0.25) is 0 Å². The minimum absolute atomic E-state index is 0.000627. The summed E-state index contributed by atoms with van der Waals surface area (Å²) in [5.41, 5.74) is 3.65. The molecule has 2 aromatic carbocycles. The Labute approximate surface area is 198 Å². The number of phenols is 1. The van der Waals surface area contributed by atoms with E-state index in [2.05, 4.69) is 0 Å². The largest absolute Gasteiger partial charge is 0.507 e. The average molecular weight is 487 g/mol. The monoisotopic (exact) mass is 486 g/mol. The van der Waals surface area contributed by atoms with E-state index in [1.807, 2.05) is 13.8 Å². The van der Waals surface area contributed by atoms with Crippen molar-refractivity contribution in [2.24, 2.45) is 5.92 Å². The van der Waals surface area contributed by atoms with Crippen LogP contribution < -0.4 is 4.18 Å². The molecule has 0 saturated heterocycles. The van der Waals surface area contributed by atoms with Gasteiger partial charge in [-0.2, -0.15) is 8.42 Å². The van der Waals surface area contributed by atoms with Crippen LogP contribution in [0, 0.1) is 19.8 Å². The number of rotatable bonds is 7. The molecular formula is C25H26O8S. The Morgan fingerprint density at radius 1 is 1.18 bits per heavy atom. The third-order valence-corrected chi connectivity index (χ3v) is 7.96. The van der Waals surface area contributed by atoms with Crippen LogP contribution in [0.25, 0.3) is 0 Å². The minimum Gasteiger partial charge on any atom is -0.507 e. The van der Waals surface area contributed by atoms with Crippen molar-refractivity contribution < 1.29 is 37.1 Å². The third-order valence-electron chi connectivity index (χ3n) is 6.73. The lowest BCUT2D eigenvalue weighted by molar-refractivity contribution is -0.137. The second kappa shape index (κ2) is 8.79. The summed E-state index contributed by atoms with van der Waals surface area (Å²) in [5, 5.41) is 20.2. The molecule has 0 fully saturated rings. The zero-order valence-electron chi connectivity index (χ0n) is 19.2. The van der Waals surface area contributed by atoms with Gasteiger partial charge in [0.1, 0.15) is 22.8 Å². The SMILES string of the molecule is CC1=C(Cc2c(O)c(C)c3c(c2OS(=O)(=O)c2ccc(C)cc2)C(=O)OC3)CCC1CC(=O)O. The number of aromatic hydroxyl groups is 1. The summed E-state index contributed by atoms with van der Waals surface area (Å²) >= 11 is 0. The van der Waals surface area contributed by atoms with Crippen molar-refractivity contribution in [1.29, 1.82) is 0 Å². The normalized spacial score (nSPS) is 17.6. The Bertz CT molecular complexity index is 1320. The molecule has 2 aliphatic rings. The first-order valence-corrected chi connectivity index (χ1v) is 12.4. The fourth-order valence-corrected chi connectivity index (χ4v) is 5.60. The second-order valence-electron chi connectivity index (χ2n) is 8.86. The number of fused-ring (bicyclic) bond motifs is 1. The number of benzene rings is 2. The lowest BCUT2D eigenvalue weighted by atomic mass is 9.92. The van der Waals surface area contributed by atoms with Crippen molar-refractivity contribution in [2.75, 3.05) is 0 Å². The first kappa shape index (κ1) is 23.8. The highest BCUT2D eigenvalue weighted by Gasteiger charge is 2.36. The van der Waals surface area contributed by atoms with E-state index < -0.39 is 22.1 Å². The van der Waals surface area contributed by atoms with Crippen molar-refractivity contribution >= 4 is 22.1 Å². The Morgan fingerprint density at radius 3 is 2.50 bits per heavy atom. The fourth-order valence-electron chi connectivity index (χ4n) is 4.64. The van der Waals surface area contributed by atoms with E-state index in [-0.39, 0.29) is 52.9 Å². The average Bonchev–Trinajstić information content (AvgIpc) is 3.32. The maximum atomic E-state index is 13.1. The number of carbonyl (C=O) groups excluding carboxylic acids is 1. The van der Waals surface area contributed by atoms with Crippen molar-refractivity contribution in [3.05, 3.63) is 63.2 Å². The molecule has 1 atom stereocenters. The first-order valence-electron chi connectivity index (χ1n) is 11.0. The van der Waals surface area contributed by atoms with E-state index in [9.17, 15) is 28.2 Å². The third kappa shape index (κ3) is 4.27. The Morgan fingerprint density at radius 2 is 1.85 bits per heavy atom. The number of phenolic OH excluding ortho intramolecular Hbond substituents is 1. The predicted molar refractivity (Wildman–Crippen MR) is 122 cm³/mol. The lowest BCUT2D eigenvalue weighted by Crippen LogP contribution is -2.15. The number of hydrogen-bond acceptors (Lipinski definition) is 7. The number of esters is 1. The summed E-state index contributed by atoms with van der Waals surface area (Å²) in [6.07, 6.45) is 1.39. The number of carboxylic acids is 1. The maximum absolute atomic E-state index is 13.1. The Hall–Kier alpha value is -3.33. The summed E-state index contributed by atoms with van der Waals surface area (Å²) < 4.78 is 36.9. The van der Waals surface area contributed by atoms with Gasteiger partial charge in [0, 0.05) is 17.5 Å². The highest BCUT2D eigenvalue weighted by molar-refractivity contribution is 7.87. The van der Waals surface area contributed by atoms with Crippen LogP contribution in [0.5, 0.6) is 11.5 Å². The van der Waals surface area contributed by atoms with Gasteiger partial charge in [-0.25, -0.2) is 4.79 Å². The molecule has 1 aliphatic carbocycles. The molecule has 0 saturated carbocycles. The van der Waals surface area contributed by atoms with Crippen molar-refractivity contribution in [2.45, 2.75) is 58.0 Å².